The topological polar surface area (TPSA) is 155 Å². The first-order chi connectivity index (χ1) is 26.2. The molecule has 0 saturated heterocycles. The number of esters is 2. The summed E-state index contributed by atoms with van der Waals surface area (Å²) in [5.41, 5.74) is 5.33. The van der Waals surface area contributed by atoms with Crippen LogP contribution >= 0.6 is 7.82 Å². The van der Waals surface area contributed by atoms with Crippen LogP contribution in [0.25, 0.3) is 0 Å². The average Bonchev–Trinajstić information content (AvgIpc) is 3.15. The molecule has 0 bridgehead atoms. The van der Waals surface area contributed by atoms with Gasteiger partial charge < -0.3 is 25.2 Å². The Morgan fingerprint density at radius 3 is 1.83 bits per heavy atom. The molecule has 3 atom stereocenters. The minimum absolute atomic E-state index is 0.0338. The van der Waals surface area contributed by atoms with Gasteiger partial charge in [-0.1, -0.05) is 165 Å². The van der Waals surface area contributed by atoms with Gasteiger partial charge in [-0.3, -0.25) is 18.6 Å². The highest BCUT2D eigenvalue weighted by molar-refractivity contribution is 7.47. The fourth-order valence-corrected chi connectivity index (χ4v) is 6.35. The summed E-state index contributed by atoms with van der Waals surface area (Å²) in [5, 5.41) is 10.1. The number of allylic oxidation sites excluding steroid dienone is 6. The molecule has 0 amide bonds. The number of aliphatic hydroxyl groups is 1. The summed E-state index contributed by atoms with van der Waals surface area (Å²) in [5.74, 6) is -0.934. The molecule has 314 valence electrons. The van der Waals surface area contributed by atoms with E-state index in [4.69, 9.17) is 24.3 Å². The molecule has 0 aliphatic rings. The zero-order valence-electron chi connectivity index (χ0n) is 34.1. The zero-order chi connectivity index (χ0) is 39.8. The fraction of sp³-hybridized carbons (Fsp3) is 0.767. The van der Waals surface area contributed by atoms with E-state index in [0.717, 1.165) is 32.1 Å². The number of aliphatic hydroxyl groups excluding tert-OH is 1. The molecule has 4 N–H and O–H groups in total. The van der Waals surface area contributed by atoms with Crippen LogP contribution < -0.4 is 5.73 Å². The van der Waals surface area contributed by atoms with Crippen molar-refractivity contribution in [3.8, 4) is 0 Å². The highest BCUT2D eigenvalue weighted by Gasteiger charge is 2.25. The highest BCUT2D eigenvalue weighted by Crippen LogP contribution is 2.43. The third kappa shape index (κ3) is 38.2. The number of phosphoric ester groups is 1. The maximum Gasteiger partial charge on any atom is 0.472 e. The van der Waals surface area contributed by atoms with Gasteiger partial charge in [0.1, 0.15) is 6.61 Å². The molecular formula is C43H78NO9P. The van der Waals surface area contributed by atoms with Crippen LogP contribution in [-0.2, 0) is 32.7 Å². The number of unbranched alkanes of at least 4 members (excludes halogenated alkanes) is 18. The van der Waals surface area contributed by atoms with Gasteiger partial charge in [-0.05, 0) is 44.9 Å². The van der Waals surface area contributed by atoms with Crippen molar-refractivity contribution < 1.29 is 42.7 Å². The van der Waals surface area contributed by atoms with E-state index in [9.17, 15) is 24.2 Å². The van der Waals surface area contributed by atoms with E-state index in [2.05, 4.69) is 19.9 Å². The number of phosphoric acid groups is 1. The summed E-state index contributed by atoms with van der Waals surface area (Å²) in [6.45, 7) is 3.54. The lowest BCUT2D eigenvalue weighted by molar-refractivity contribution is -0.161. The molecule has 0 aromatic carbocycles. The van der Waals surface area contributed by atoms with Crippen molar-refractivity contribution in [3.63, 3.8) is 0 Å². The number of carbonyl (C=O) groups is 2. The normalized spacial score (nSPS) is 14.4. The number of rotatable bonds is 39. The summed E-state index contributed by atoms with van der Waals surface area (Å²) < 4.78 is 32.6. The summed E-state index contributed by atoms with van der Waals surface area (Å²) in [7, 11) is -4.41. The summed E-state index contributed by atoms with van der Waals surface area (Å²) >= 11 is 0. The predicted molar refractivity (Wildman–Crippen MR) is 221 cm³/mol. The van der Waals surface area contributed by atoms with Crippen molar-refractivity contribution in [1.29, 1.82) is 0 Å². The number of hydrogen-bond acceptors (Lipinski definition) is 9. The standard InChI is InChI=1S/C43H78NO9P/c1-3-5-7-9-11-12-13-14-15-16-17-18-22-26-30-34-42(46)50-38-41(39-52-54(48,49)51-37-36-44)53-43(47)35-31-27-23-19-21-25-29-33-40(45)32-28-24-20-10-8-6-4-2/h19-20,23-25,28-29,32,40-41,45H,3-18,21-22,26-27,30-31,33-39,44H2,1-2H3,(H,48,49)/b23-19+,24-20-,29-25-,32-28-/t40-,41+/m0/s1. The highest BCUT2D eigenvalue weighted by atomic mass is 31.2. The second-order valence-electron chi connectivity index (χ2n) is 14.1. The molecular weight excluding hydrogens is 705 g/mol. The number of carbonyl (C=O) groups excluding carboxylic acids is 2. The average molecular weight is 784 g/mol. The van der Waals surface area contributed by atoms with Crippen molar-refractivity contribution in [3.05, 3.63) is 48.6 Å². The summed E-state index contributed by atoms with van der Waals surface area (Å²) in [6.07, 6.45) is 40.3. The van der Waals surface area contributed by atoms with E-state index in [1.165, 1.54) is 96.3 Å². The van der Waals surface area contributed by atoms with E-state index >= 15 is 0 Å². The fourth-order valence-electron chi connectivity index (χ4n) is 5.59. The lowest BCUT2D eigenvalue weighted by Crippen LogP contribution is -2.29. The summed E-state index contributed by atoms with van der Waals surface area (Å²) in [4.78, 5) is 34.8. The molecule has 1 unspecified atom stereocenters. The van der Waals surface area contributed by atoms with Gasteiger partial charge in [0.2, 0.25) is 0 Å². The number of hydrogen-bond donors (Lipinski definition) is 3. The molecule has 11 heteroatoms. The quantitative estimate of drug-likeness (QED) is 0.0180. The Hall–Kier alpha value is -2.07. The van der Waals surface area contributed by atoms with Crippen molar-refractivity contribution in [2.75, 3.05) is 26.4 Å². The third-order valence-electron chi connectivity index (χ3n) is 8.80. The molecule has 0 aromatic heterocycles. The van der Waals surface area contributed by atoms with Crippen LogP contribution in [-0.4, -0.2) is 60.5 Å². The van der Waals surface area contributed by atoms with Gasteiger partial charge in [0.15, 0.2) is 6.10 Å². The number of ether oxygens (including phenoxy) is 2. The van der Waals surface area contributed by atoms with Gasteiger partial charge in [0.25, 0.3) is 0 Å². The van der Waals surface area contributed by atoms with Gasteiger partial charge in [-0.25, -0.2) is 4.57 Å². The van der Waals surface area contributed by atoms with Gasteiger partial charge in [-0.15, -0.1) is 0 Å². The van der Waals surface area contributed by atoms with Crippen molar-refractivity contribution in [1.82, 2.24) is 0 Å². The predicted octanol–water partition coefficient (Wildman–Crippen LogP) is 10.9. The van der Waals surface area contributed by atoms with Crippen LogP contribution in [0.3, 0.4) is 0 Å². The maximum atomic E-state index is 12.5. The second-order valence-corrected chi connectivity index (χ2v) is 15.5. The van der Waals surface area contributed by atoms with Gasteiger partial charge in [0.05, 0.1) is 19.3 Å². The van der Waals surface area contributed by atoms with E-state index in [-0.39, 0.29) is 32.6 Å². The van der Waals surface area contributed by atoms with Gasteiger partial charge >= 0.3 is 19.8 Å². The Labute approximate surface area is 329 Å². The first-order valence-electron chi connectivity index (χ1n) is 21.2. The monoisotopic (exact) mass is 784 g/mol. The van der Waals surface area contributed by atoms with Crippen LogP contribution in [0.2, 0.25) is 0 Å². The number of nitrogens with two attached hydrogens (primary N) is 1. The van der Waals surface area contributed by atoms with Gasteiger partial charge in [-0.2, -0.15) is 0 Å². The van der Waals surface area contributed by atoms with Crippen LogP contribution in [0.1, 0.15) is 174 Å². The van der Waals surface area contributed by atoms with Crippen LogP contribution in [0.15, 0.2) is 48.6 Å². The zero-order valence-corrected chi connectivity index (χ0v) is 35.0. The lowest BCUT2D eigenvalue weighted by Gasteiger charge is -2.19. The molecule has 0 rings (SSSR count). The van der Waals surface area contributed by atoms with Crippen LogP contribution in [0.4, 0.5) is 0 Å². The van der Waals surface area contributed by atoms with Crippen LogP contribution in [0, 0.1) is 0 Å². The largest absolute Gasteiger partial charge is 0.472 e. The van der Waals surface area contributed by atoms with Crippen LogP contribution in [0.5, 0.6) is 0 Å². The molecule has 0 heterocycles. The molecule has 0 saturated carbocycles. The van der Waals surface area contributed by atoms with E-state index in [1.807, 2.05) is 36.5 Å². The minimum Gasteiger partial charge on any atom is -0.462 e. The Morgan fingerprint density at radius 2 is 1.20 bits per heavy atom. The van der Waals surface area contributed by atoms with E-state index in [0.29, 0.717) is 19.3 Å². The molecule has 0 spiro atoms. The Morgan fingerprint density at radius 1 is 0.648 bits per heavy atom. The lowest BCUT2D eigenvalue weighted by atomic mass is 10.0. The molecule has 0 aliphatic heterocycles. The molecule has 54 heavy (non-hydrogen) atoms. The Balaban J connectivity index is 4.32. The molecule has 10 nitrogen and oxygen atoms in total. The summed E-state index contributed by atoms with van der Waals surface area (Å²) in [6, 6.07) is 0. The molecule has 0 aliphatic carbocycles. The minimum atomic E-state index is -4.41. The van der Waals surface area contributed by atoms with E-state index < -0.39 is 38.6 Å². The first-order valence-corrected chi connectivity index (χ1v) is 22.7. The van der Waals surface area contributed by atoms with E-state index in [1.54, 1.807) is 6.08 Å². The Kier molecular flexibility index (Phi) is 37.7. The maximum absolute atomic E-state index is 12.5. The Bertz CT molecular complexity index is 1050. The first kappa shape index (κ1) is 51.9. The second kappa shape index (κ2) is 39.2. The smallest absolute Gasteiger partial charge is 0.462 e. The molecule has 0 radical (unpaired) electrons. The SMILES string of the molecule is CCCCC/C=C\C=C/[C@H](O)C/C=C\C/C=C/CCCC(=O)O[C@H](COC(=O)CCCCCCCCCCCCCCCCC)COP(=O)(O)OCCN. The van der Waals surface area contributed by atoms with Crippen molar-refractivity contribution in [2.24, 2.45) is 5.73 Å². The molecule has 0 fully saturated rings. The molecule has 0 aromatic rings. The van der Waals surface area contributed by atoms with Gasteiger partial charge in [0, 0.05) is 19.4 Å². The van der Waals surface area contributed by atoms with Crippen molar-refractivity contribution >= 4 is 19.8 Å². The third-order valence-corrected chi connectivity index (χ3v) is 9.78. The van der Waals surface area contributed by atoms with Crippen molar-refractivity contribution in [2.45, 2.75) is 187 Å².